The van der Waals surface area contributed by atoms with Gasteiger partial charge in [-0.1, -0.05) is 25.5 Å². The molecule has 0 amide bonds. The first-order valence-corrected chi connectivity index (χ1v) is 9.11. The van der Waals surface area contributed by atoms with Crippen LogP contribution < -0.4 is 10.6 Å². The molecule has 0 saturated carbocycles. The molecule has 134 valence electrons. The molecule has 26 heavy (non-hydrogen) atoms. The monoisotopic (exact) mass is 349 g/mol. The predicted molar refractivity (Wildman–Crippen MR) is 104 cm³/mol. The van der Waals surface area contributed by atoms with Gasteiger partial charge in [0.15, 0.2) is 0 Å². The van der Waals surface area contributed by atoms with Crippen molar-refractivity contribution in [1.29, 1.82) is 0 Å². The van der Waals surface area contributed by atoms with Crippen molar-refractivity contribution in [3.8, 4) is 11.3 Å². The Hall–Kier alpha value is -2.73. The second-order valence-electron chi connectivity index (χ2n) is 6.49. The van der Waals surface area contributed by atoms with Crippen molar-refractivity contribution in [1.82, 2.24) is 15.0 Å². The second-order valence-corrected chi connectivity index (χ2v) is 6.49. The van der Waals surface area contributed by atoms with Gasteiger partial charge in [0.05, 0.1) is 30.1 Å². The standard InChI is InChI=1S/C20H23N5O/c1-2-3-17-19-18(24-20(21)23-17)9-8-16(22-19)14-4-6-15(7-5-14)25-10-12-26-13-11-25/h4-9H,2-3,10-13H2,1H3,(H2,21,23,24). The van der Waals surface area contributed by atoms with Gasteiger partial charge in [0, 0.05) is 24.3 Å². The maximum absolute atomic E-state index is 5.83. The molecule has 1 aliphatic rings. The molecule has 0 bridgehead atoms. The Bertz CT molecular complexity index is 904. The topological polar surface area (TPSA) is 77.2 Å². The normalized spacial score (nSPS) is 14.7. The van der Waals surface area contributed by atoms with Gasteiger partial charge in [-0.05, 0) is 30.7 Å². The smallest absolute Gasteiger partial charge is 0.220 e. The van der Waals surface area contributed by atoms with E-state index in [0.717, 1.165) is 67.1 Å². The van der Waals surface area contributed by atoms with Crippen molar-refractivity contribution in [2.75, 3.05) is 36.9 Å². The van der Waals surface area contributed by atoms with Crippen molar-refractivity contribution < 1.29 is 4.74 Å². The number of fused-ring (bicyclic) bond motifs is 1. The molecule has 1 aromatic carbocycles. The lowest BCUT2D eigenvalue weighted by Crippen LogP contribution is -2.36. The van der Waals surface area contributed by atoms with Gasteiger partial charge >= 0.3 is 0 Å². The summed E-state index contributed by atoms with van der Waals surface area (Å²) < 4.78 is 5.42. The summed E-state index contributed by atoms with van der Waals surface area (Å²) in [6, 6.07) is 12.5. The van der Waals surface area contributed by atoms with Crippen LogP contribution in [0.15, 0.2) is 36.4 Å². The van der Waals surface area contributed by atoms with Crippen LogP contribution in [0.5, 0.6) is 0 Å². The molecule has 0 aliphatic carbocycles. The summed E-state index contributed by atoms with van der Waals surface area (Å²) in [5.41, 5.74) is 11.6. The molecule has 3 heterocycles. The number of nitrogen functional groups attached to an aromatic ring is 1. The van der Waals surface area contributed by atoms with Gasteiger partial charge in [0.2, 0.25) is 5.95 Å². The third-order valence-electron chi connectivity index (χ3n) is 4.66. The zero-order valence-corrected chi connectivity index (χ0v) is 15.0. The fraction of sp³-hybridized carbons (Fsp3) is 0.350. The Balaban J connectivity index is 1.67. The second kappa shape index (κ2) is 7.25. The van der Waals surface area contributed by atoms with E-state index >= 15 is 0 Å². The van der Waals surface area contributed by atoms with Gasteiger partial charge in [-0.2, -0.15) is 0 Å². The number of nitrogens with two attached hydrogens (primary N) is 1. The Morgan fingerprint density at radius 3 is 2.50 bits per heavy atom. The minimum absolute atomic E-state index is 0.311. The molecule has 1 aliphatic heterocycles. The zero-order valence-electron chi connectivity index (χ0n) is 15.0. The highest BCUT2D eigenvalue weighted by atomic mass is 16.5. The Kier molecular flexibility index (Phi) is 4.67. The summed E-state index contributed by atoms with van der Waals surface area (Å²) in [6.45, 7) is 5.58. The third kappa shape index (κ3) is 3.32. The van der Waals surface area contributed by atoms with E-state index in [1.165, 1.54) is 5.69 Å². The van der Waals surface area contributed by atoms with Crippen LogP contribution in [0.25, 0.3) is 22.3 Å². The van der Waals surface area contributed by atoms with Crippen LogP contribution in [0.2, 0.25) is 0 Å². The highest BCUT2D eigenvalue weighted by molar-refractivity contribution is 5.81. The van der Waals surface area contributed by atoms with Crippen LogP contribution in [-0.2, 0) is 11.2 Å². The average molecular weight is 349 g/mol. The van der Waals surface area contributed by atoms with Gasteiger partial charge in [-0.3, -0.25) is 0 Å². The Labute approximate surface area is 153 Å². The molecule has 3 aromatic rings. The van der Waals surface area contributed by atoms with Crippen LogP contribution in [0, 0.1) is 0 Å². The lowest BCUT2D eigenvalue weighted by atomic mass is 10.1. The van der Waals surface area contributed by atoms with Crippen LogP contribution >= 0.6 is 0 Å². The highest BCUT2D eigenvalue weighted by Gasteiger charge is 2.12. The van der Waals surface area contributed by atoms with Crippen molar-refractivity contribution in [3.63, 3.8) is 0 Å². The van der Waals surface area contributed by atoms with E-state index in [9.17, 15) is 0 Å². The average Bonchev–Trinajstić information content (AvgIpc) is 2.69. The number of ether oxygens (including phenoxy) is 1. The summed E-state index contributed by atoms with van der Waals surface area (Å²) in [5, 5.41) is 0. The van der Waals surface area contributed by atoms with E-state index in [2.05, 4.69) is 46.1 Å². The Morgan fingerprint density at radius 1 is 1.00 bits per heavy atom. The molecule has 6 heteroatoms. The van der Waals surface area contributed by atoms with E-state index < -0.39 is 0 Å². The lowest BCUT2D eigenvalue weighted by Gasteiger charge is -2.28. The number of benzene rings is 1. The van der Waals surface area contributed by atoms with E-state index in [1.807, 2.05) is 12.1 Å². The molecule has 4 rings (SSSR count). The summed E-state index contributed by atoms with van der Waals surface area (Å²) in [5.74, 6) is 0.311. The van der Waals surface area contributed by atoms with Gasteiger partial charge in [-0.15, -0.1) is 0 Å². The molecular formula is C20H23N5O. The van der Waals surface area contributed by atoms with Gasteiger partial charge < -0.3 is 15.4 Å². The van der Waals surface area contributed by atoms with Crippen LogP contribution in [0.3, 0.4) is 0 Å². The molecule has 0 radical (unpaired) electrons. The van der Waals surface area contributed by atoms with Crippen LogP contribution in [0.1, 0.15) is 19.0 Å². The molecule has 2 aromatic heterocycles. The molecule has 0 spiro atoms. The number of pyridine rings is 1. The van der Waals surface area contributed by atoms with Crippen molar-refractivity contribution in [3.05, 3.63) is 42.1 Å². The highest BCUT2D eigenvalue weighted by Crippen LogP contribution is 2.25. The molecule has 0 atom stereocenters. The molecule has 2 N–H and O–H groups in total. The number of nitrogens with zero attached hydrogens (tertiary/aromatic N) is 4. The largest absolute Gasteiger partial charge is 0.378 e. The molecule has 1 fully saturated rings. The maximum atomic E-state index is 5.83. The molecule has 6 nitrogen and oxygen atoms in total. The summed E-state index contributed by atoms with van der Waals surface area (Å²) >= 11 is 0. The summed E-state index contributed by atoms with van der Waals surface area (Å²) in [7, 11) is 0. The van der Waals surface area contributed by atoms with Crippen molar-refractivity contribution >= 4 is 22.7 Å². The molecule has 0 unspecified atom stereocenters. The SMILES string of the molecule is CCCc1nc(N)nc2ccc(-c3ccc(N4CCOCC4)cc3)nc12. The lowest BCUT2D eigenvalue weighted by molar-refractivity contribution is 0.122. The minimum Gasteiger partial charge on any atom is -0.378 e. The fourth-order valence-electron chi connectivity index (χ4n) is 3.33. The van der Waals surface area contributed by atoms with E-state index in [4.69, 9.17) is 15.5 Å². The van der Waals surface area contributed by atoms with E-state index in [0.29, 0.717) is 5.95 Å². The number of hydrogen-bond acceptors (Lipinski definition) is 6. The fourth-order valence-corrected chi connectivity index (χ4v) is 3.33. The maximum Gasteiger partial charge on any atom is 0.220 e. The number of hydrogen-bond donors (Lipinski definition) is 1. The minimum atomic E-state index is 0.311. The zero-order chi connectivity index (χ0) is 17.9. The van der Waals surface area contributed by atoms with E-state index in [-0.39, 0.29) is 0 Å². The quantitative estimate of drug-likeness (QED) is 0.780. The number of aryl methyl sites for hydroxylation is 1. The van der Waals surface area contributed by atoms with Gasteiger partial charge in [0.25, 0.3) is 0 Å². The number of morpholine rings is 1. The van der Waals surface area contributed by atoms with Crippen LogP contribution in [0.4, 0.5) is 11.6 Å². The number of anilines is 2. The van der Waals surface area contributed by atoms with E-state index in [1.54, 1.807) is 0 Å². The third-order valence-corrected chi connectivity index (χ3v) is 4.66. The predicted octanol–water partition coefficient (Wildman–Crippen LogP) is 3.06. The molecule has 1 saturated heterocycles. The van der Waals surface area contributed by atoms with Crippen molar-refractivity contribution in [2.45, 2.75) is 19.8 Å². The summed E-state index contributed by atoms with van der Waals surface area (Å²) in [6.07, 6.45) is 1.83. The number of aromatic nitrogens is 3. The number of rotatable bonds is 4. The van der Waals surface area contributed by atoms with Gasteiger partial charge in [0.1, 0.15) is 5.52 Å². The molecular weight excluding hydrogens is 326 g/mol. The van der Waals surface area contributed by atoms with Crippen molar-refractivity contribution in [2.24, 2.45) is 0 Å². The van der Waals surface area contributed by atoms with Gasteiger partial charge in [-0.25, -0.2) is 15.0 Å². The first-order chi connectivity index (χ1) is 12.7. The Morgan fingerprint density at radius 2 is 1.77 bits per heavy atom. The first-order valence-electron chi connectivity index (χ1n) is 9.11. The summed E-state index contributed by atoms with van der Waals surface area (Å²) in [4.78, 5) is 15.9. The first kappa shape index (κ1) is 16.7. The van der Waals surface area contributed by atoms with Crippen LogP contribution in [-0.4, -0.2) is 41.3 Å².